The molecule has 1 rings (SSSR count). The summed E-state index contributed by atoms with van der Waals surface area (Å²) in [5.41, 5.74) is 1.77. The summed E-state index contributed by atoms with van der Waals surface area (Å²) in [6, 6.07) is 1.88. The molecule has 5 nitrogen and oxygen atoms in total. The van der Waals surface area contributed by atoms with Gasteiger partial charge in [0.2, 0.25) is 5.91 Å². The number of H-pyrrole nitrogens is 1. The second kappa shape index (κ2) is 9.01. The molecular weight excluding hydrogens is 240 g/mol. The Bertz CT molecular complexity index is 327. The van der Waals surface area contributed by atoms with Crippen LogP contribution < -0.4 is 10.6 Å². The molecule has 0 atom stereocenters. The third-order valence-corrected chi connectivity index (χ3v) is 2.15. The molecule has 0 fully saturated rings. The molecule has 1 aromatic rings. The average Bonchev–Trinajstić information content (AvgIpc) is 2.63. The molecule has 3 N–H and O–H groups in total. The van der Waals surface area contributed by atoms with Crippen LogP contribution >= 0.6 is 12.4 Å². The fourth-order valence-electron chi connectivity index (χ4n) is 1.38. The summed E-state index contributed by atoms with van der Waals surface area (Å²) in [4.78, 5) is 11.5. The lowest BCUT2D eigenvalue weighted by Gasteiger charge is -2.04. The molecule has 0 bridgehead atoms. The van der Waals surface area contributed by atoms with Gasteiger partial charge in [0.05, 0.1) is 12.1 Å². The van der Waals surface area contributed by atoms with Crippen LogP contribution in [0.5, 0.6) is 0 Å². The van der Waals surface area contributed by atoms with Crippen molar-refractivity contribution in [1.29, 1.82) is 0 Å². The smallest absolute Gasteiger partial charge is 0.226 e. The SMILES string of the molecule is CCCNCCNC(=O)Cc1cc(C)[nH]n1.Cl. The Hall–Kier alpha value is -1.07. The summed E-state index contributed by atoms with van der Waals surface area (Å²) >= 11 is 0. The fourth-order valence-corrected chi connectivity index (χ4v) is 1.38. The van der Waals surface area contributed by atoms with Gasteiger partial charge in [-0.1, -0.05) is 6.92 Å². The maximum Gasteiger partial charge on any atom is 0.226 e. The predicted molar refractivity (Wildman–Crippen MR) is 70.4 cm³/mol. The largest absolute Gasteiger partial charge is 0.354 e. The summed E-state index contributed by atoms with van der Waals surface area (Å²) in [5, 5.41) is 12.9. The van der Waals surface area contributed by atoms with Gasteiger partial charge in [0.25, 0.3) is 0 Å². The topological polar surface area (TPSA) is 69.8 Å². The van der Waals surface area contributed by atoms with Crippen LogP contribution in [0.25, 0.3) is 0 Å². The maximum atomic E-state index is 11.5. The van der Waals surface area contributed by atoms with E-state index >= 15 is 0 Å². The van der Waals surface area contributed by atoms with Crippen LogP contribution in [-0.2, 0) is 11.2 Å². The molecule has 0 radical (unpaired) electrons. The predicted octanol–water partition coefficient (Wildman–Crippen LogP) is 0.798. The highest BCUT2D eigenvalue weighted by atomic mass is 35.5. The Balaban J connectivity index is 0.00000256. The molecule has 0 spiro atoms. The van der Waals surface area contributed by atoms with Crippen molar-refractivity contribution in [3.63, 3.8) is 0 Å². The average molecular weight is 261 g/mol. The normalized spacial score (nSPS) is 9.76. The lowest BCUT2D eigenvalue weighted by Crippen LogP contribution is -2.33. The van der Waals surface area contributed by atoms with Gasteiger partial charge >= 0.3 is 0 Å². The van der Waals surface area contributed by atoms with Crippen LogP contribution in [-0.4, -0.2) is 35.7 Å². The van der Waals surface area contributed by atoms with E-state index in [1.165, 1.54) is 0 Å². The Morgan fingerprint density at radius 3 is 2.76 bits per heavy atom. The first-order valence-corrected chi connectivity index (χ1v) is 5.70. The third-order valence-electron chi connectivity index (χ3n) is 2.15. The van der Waals surface area contributed by atoms with Crippen molar-refractivity contribution in [1.82, 2.24) is 20.8 Å². The molecule has 0 saturated carbocycles. The van der Waals surface area contributed by atoms with E-state index in [9.17, 15) is 4.79 Å². The van der Waals surface area contributed by atoms with Crippen LogP contribution in [0.4, 0.5) is 0 Å². The first kappa shape index (κ1) is 15.9. The molecule has 0 aliphatic carbocycles. The molecule has 0 saturated heterocycles. The number of hydrogen-bond acceptors (Lipinski definition) is 3. The fraction of sp³-hybridized carbons (Fsp3) is 0.636. The number of halogens is 1. The van der Waals surface area contributed by atoms with E-state index in [0.29, 0.717) is 13.0 Å². The van der Waals surface area contributed by atoms with Gasteiger partial charge < -0.3 is 10.6 Å². The standard InChI is InChI=1S/C11H20N4O.ClH/c1-3-4-12-5-6-13-11(16)8-10-7-9(2)14-15-10;/h7,12H,3-6,8H2,1-2H3,(H,13,16)(H,14,15);1H. The highest BCUT2D eigenvalue weighted by Gasteiger charge is 2.04. The number of aryl methyl sites for hydroxylation is 1. The second-order valence-corrected chi connectivity index (χ2v) is 3.82. The van der Waals surface area contributed by atoms with Crippen molar-refractivity contribution in [2.45, 2.75) is 26.7 Å². The summed E-state index contributed by atoms with van der Waals surface area (Å²) in [7, 11) is 0. The van der Waals surface area contributed by atoms with Crippen molar-refractivity contribution in [3.05, 3.63) is 17.5 Å². The Labute approximate surface area is 108 Å². The van der Waals surface area contributed by atoms with E-state index in [1.54, 1.807) is 0 Å². The van der Waals surface area contributed by atoms with Crippen molar-refractivity contribution in [2.75, 3.05) is 19.6 Å². The highest BCUT2D eigenvalue weighted by Crippen LogP contribution is 1.97. The van der Waals surface area contributed by atoms with Gasteiger partial charge in [-0.3, -0.25) is 9.89 Å². The van der Waals surface area contributed by atoms with Gasteiger partial charge in [-0.25, -0.2) is 0 Å². The number of aromatic amines is 1. The van der Waals surface area contributed by atoms with Crippen molar-refractivity contribution in [2.24, 2.45) is 0 Å². The van der Waals surface area contributed by atoms with Gasteiger partial charge in [-0.2, -0.15) is 5.10 Å². The monoisotopic (exact) mass is 260 g/mol. The molecular formula is C11H21ClN4O. The summed E-state index contributed by atoms with van der Waals surface area (Å²) in [6.45, 7) is 6.52. The zero-order valence-electron chi connectivity index (χ0n) is 10.4. The summed E-state index contributed by atoms with van der Waals surface area (Å²) < 4.78 is 0. The van der Waals surface area contributed by atoms with E-state index in [4.69, 9.17) is 0 Å². The summed E-state index contributed by atoms with van der Waals surface area (Å²) in [6.07, 6.45) is 1.46. The van der Waals surface area contributed by atoms with Crippen LogP contribution in [0.2, 0.25) is 0 Å². The van der Waals surface area contributed by atoms with E-state index in [-0.39, 0.29) is 18.3 Å². The zero-order chi connectivity index (χ0) is 11.8. The van der Waals surface area contributed by atoms with Crippen LogP contribution in [0.3, 0.4) is 0 Å². The number of carbonyl (C=O) groups excluding carboxylic acids is 1. The van der Waals surface area contributed by atoms with Gasteiger partial charge in [0, 0.05) is 18.8 Å². The van der Waals surface area contributed by atoms with Crippen LogP contribution in [0.1, 0.15) is 24.7 Å². The molecule has 1 heterocycles. The maximum absolute atomic E-state index is 11.5. The number of aromatic nitrogens is 2. The molecule has 0 aliphatic rings. The molecule has 0 aliphatic heterocycles. The summed E-state index contributed by atoms with van der Waals surface area (Å²) in [5.74, 6) is 0.0183. The number of rotatable bonds is 7. The first-order chi connectivity index (χ1) is 7.72. The lowest BCUT2D eigenvalue weighted by molar-refractivity contribution is -0.120. The van der Waals surface area contributed by atoms with Crippen molar-refractivity contribution >= 4 is 18.3 Å². The molecule has 1 amide bonds. The number of carbonyl (C=O) groups is 1. The number of nitrogens with zero attached hydrogens (tertiary/aromatic N) is 1. The molecule has 98 valence electrons. The van der Waals surface area contributed by atoms with E-state index in [1.807, 2.05) is 13.0 Å². The van der Waals surface area contributed by atoms with Gasteiger partial charge in [0.1, 0.15) is 0 Å². The van der Waals surface area contributed by atoms with Gasteiger partial charge in [-0.15, -0.1) is 12.4 Å². The van der Waals surface area contributed by atoms with E-state index in [0.717, 1.165) is 30.9 Å². The van der Waals surface area contributed by atoms with Crippen molar-refractivity contribution in [3.8, 4) is 0 Å². The Kier molecular flexibility index (Phi) is 8.44. The van der Waals surface area contributed by atoms with Gasteiger partial charge in [-0.05, 0) is 26.0 Å². The second-order valence-electron chi connectivity index (χ2n) is 3.82. The quantitative estimate of drug-likeness (QED) is 0.635. The Morgan fingerprint density at radius 1 is 1.41 bits per heavy atom. The zero-order valence-corrected chi connectivity index (χ0v) is 11.2. The molecule has 6 heteroatoms. The number of amides is 1. The Morgan fingerprint density at radius 2 is 2.18 bits per heavy atom. The minimum absolute atomic E-state index is 0. The van der Waals surface area contributed by atoms with Crippen LogP contribution in [0.15, 0.2) is 6.07 Å². The number of hydrogen-bond donors (Lipinski definition) is 3. The van der Waals surface area contributed by atoms with Gasteiger partial charge in [0.15, 0.2) is 0 Å². The highest BCUT2D eigenvalue weighted by molar-refractivity contribution is 5.85. The molecule has 17 heavy (non-hydrogen) atoms. The molecule has 0 unspecified atom stereocenters. The lowest BCUT2D eigenvalue weighted by atomic mass is 10.3. The minimum atomic E-state index is 0. The van der Waals surface area contributed by atoms with E-state index < -0.39 is 0 Å². The van der Waals surface area contributed by atoms with E-state index in [2.05, 4.69) is 27.8 Å². The molecule has 0 aromatic carbocycles. The number of nitrogens with one attached hydrogen (secondary N) is 3. The van der Waals surface area contributed by atoms with Crippen molar-refractivity contribution < 1.29 is 4.79 Å². The minimum Gasteiger partial charge on any atom is -0.354 e. The molecule has 1 aromatic heterocycles. The third kappa shape index (κ3) is 6.97. The van der Waals surface area contributed by atoms with Crippen LogP contribution in [0, 0.1) is 6.92 Å². The first-order valence-electron chi connectivity index (χ1n) is 5.70.